The zero-order valence-corrected chi connectivity index (χ0v) is 9.72. The molecule has 0 fully saturated rings. The lowest BCUT2D eigenvalue weighted by molar-refractivity contribution is 1.43. The second kappa shape index (κ2) is 3.54. The van der Waals surface area contributed by atoms with Crippen LogP contribution >= 0.6 is 0 Å². The Bertz CT molecular complexity index is 657. The fourth-order valence-corrected chi connectivity index (χ4v) is 2.63. The molecule has 0 saturated heterocycles. The molecular formula is C17H10N-. The third-order valence-electron chi connectivity index (χ3n) is 3.41. The van der Waals surface area contributed by atoms with E-state index in [0.717, 1.165) is 10.9 Å². The van der Waals surface area contributed by atoms with Gasteiger partial charge < -0.3 is 4.98 Å². The van der Waals surface area contributed by atoms with Crippen LogP contribution in [0.5, 0.6) is 0 Å². The molecule has 0 amide bonds. The van der Waals surface area contributed by atoms with Gasteiger partial charge in [0.15, 0.2) is 0 Å². The summed E-state index contributed by atoms with van der Waals surface area (Å²) in [6, 6.07) is 22.0. The quantitative estimate of drug-likeness (QED) is 0.322. The minimum absolute atomic E-state index is 1.03. The van der Waals surface area contributed by atoms with Crippen LogP contribution < -0.4 is 0 Å². The molecular weight excluding hydrogens is 218 g/mol. The summed E-state index contributed by atoms with van der Waals surface area (Å²) >= 11 is 0. The van der Waals surface area contributed by atoms with Crippen LogP contribution in [0.3, 0.4) is 0 Å². The second-order valence-electron chi connectivity index (χ2n) is 4.40. The molecule has 84 valence electrons. The van der Waals surface area contributed by atoms with Gasteiger partial charge in [-0.2, -0.15) is 0 Å². The van der Waals surface area contributed by atoms with Crippen molar-refractivity contribution in [1.82, 2.24) is 4.98 Å². The molecule has 0 bridgehead atoms. The molecule has 0 aliphatic heterocycles. The van der Waals surface area contributed by atoms with E-state index in [1.165, 1.54) is 21.5 Å². The van der Waals surface area contributed by atoms with Gasteiger partial charge in [0.1, 0.15) is 0 Å². The van der Waals surface area contributed by atoms with Gasteiger partial charge in [0.25, 0.3) is 0 Å². The summed E-state index contributed by atoms with van der Waals surface area (Å²) in [5, 5.41) is 6.05. The SMILES string of the molecule is [c-]1cccc2c1c1ncccc1c1ccccc21. The van der Waals surface area contributed by atoms with Crippen molar-refractivity contribution in [3.8, 4) is 0 Å². The Hall–Kier alpha value is -2.41. The van der Waals surface area contributed by atoms with Crippen molar-refractivity contribution < 1.29 is 0 Å². The van der Waals surface area contributed by atoms with E-state index < -0.39 is 0 Å². The van der Waals surface area contributed by atoms with Crippen LogP contribution in [0.4, 0.5) is 0 Å². The van der Waals surface area contributed by atoms with Gasteiger partial charge in [-0.05, 0) is 22.4 Å². The molecule has 1 heterocycles. The maximum absolute atomic E-state index is 4.53. The van der Waals surface area contributed by atoms with Gasteiger partial charge in [0.2, 0.25) is 0 Å². The van der Waals surface area contributed by atoms with Crippen molar-refractivity contribution in [3.05, 3.63) is 66.9 Å². The molecule has 0 radical (unpaired) electrons. The summed E-state index contributed by atoms with van der Waals surface area (Å²) < 4.78 is 0. The summed E-state index contributed by atoms with van der Waals surface area (Å²) in [6.07, 6.45) is 1.84. The molecule has 1 heteroatoms. The average Bonchev–Trinajstić information content (AvgIpc) is 2.48. The molecule has 4 rings (SSSR count). The Morgan fingerprint density at radius 1 is 0.722 bits per heavy atom. The summed E-state index contributed by atoms with van der Waals surface area (Å²) in [7, 11) is 0. The van der Waals surface area contributed by atoms with Crippen LogP contribution in [0.1, 0.15) is 0 Å². The fourth-order valence-electron chi connectivity index (χ4n) is 2.63. The van der Waals surface area contributed by atoms with Crippen LogP contribution in [-0.4, -0.2) is 4.98 Å². The van der Waals surface area contributed by atoms with Crippen LogP contribution in [0.25, 0.3) is 32.4 Å². The zero-order chi connectivity index (χ0) is 11.9. The van der Waals surface area contributed by atoms with Crippen molar-refractivity contribution >= 4 is 32.4 Å². The smallest absolute Gasteiger partial charge is 0.0161 e. The van der Waals surface area contributed by atoms with E-state index in [-0.39, 0.29) is 0 Å². The minimum Gasteiger partial charge on any atom is -0.304 e. The monoisotopic (exact) mass is 228 g/mol. The molecule has 0 atom stereocenters. The number of hydrogen-bond donors (Lipinski definition) is 0. The minimum atomic E-state index is 1.03. The maximum Gasteiger partial charge on any atom is 0.0161 e. The molecule has 1 nitrogen and oxygen atoms in total. The van der Waals surface area contributed by atoms with Gasteiger partial charge in [0, 0.05) is 6.20 Å². The Labute approximate surface area is 105 Å². The standard InChI is InChI=1S/C17H10N/c1-2-7-14-12(6-1)13-8-3-4-9-15(13)17-16(14)10-5-11-18-17/h1-8,10-11H/q-1. The average molecular weight is 228 g/mol. The van der Waals surface area contributed by atoms with E-state index in [1.807, 2.05) is 24.4 Å². The third-order valence-corrected chi connectivity index (χ3v) is 3.41. The van der Waals surface area contributed by atoms with Crippen LogP contribution in [0, 0.1) is 6.07 Å². The first-order valence-electron chi connectivity index (χ1n) is 6.01. The maximum atomic E-state index is 4.53. The van der Waals surface area contributed by atoms with Crippen LogP contribution in [0.2, 0.25) is 0 Å². The lowest BCUT2D eigenvalue weighted by Crippen LogP contribution is -1.84. The first kappa shape index (κ1) is 9.60. The topological polar surface area (TPSA) is 12.9 Å². The Morgan fingerprint density at radius 3 is 2.33 bits per heavy atom. The Kier molecular flexibility index (Phi) is 1.89. The highest BCUT2D eigenvalue weighted by Gasteiger charge is 2.01. The van der Waals surface area contributed by atoms with Gasteiger partial charge in [-0.1, -0.05) is 41.1 Å². The highest BCUT2D eigenvalue weighted by atomic mass is 14.6. The fraction of sp³-hybridized carbons (Fsp3) is 0. The number of benzene rings is 3. The molecule has 4 aromatic rings. The molecule has 0 aliphatic rings. The van der Waals surface area contributed by atoms with Crippen molar-refractivity contribution in [3.63, 3.8) is 0 Å². The van der Waals surface area contributed by atoms with Gasteiger partial charge in [0.05, 0.1) is 0 Å². The largest absolute Gasteiger partial charge is 0.304 e. The number of aromatic nitrogens is 1. The summed E-state index contributed by atoms with van der Waals surface area (Å²) in [5.74, 6) is 0. The molecule has 0 aliphatic carbocycles. The van der Waals surface area contributed by atoms with Gasteiger partial charge in [-0.25, -0.2) is 0 Å². The number of hydrogen-bond acceptors (Lipinski definition) is 1. The van der Waals surface area contributed by atoms with E-state index in [2.05, 4.69) is 47.4 Å². The summed E-state index contributed by atoms with van der Waals surface area (Å²) in [5.41, 5.74) is 1.03. The number of rotatable bonds is 0. The second-order valence-corrected chi connectivity index (χ2v) is 4.40. The molecule has 0 N–H and O–H groups in total. The van der Waals surface area contributed by atoms with Gasteiger partial charge in [-0.3, -0.25) is 0 Å². The van der Waals surface area contributed by atoms with E-state index in [9.17, 15) is 0 Å². The van der Waals surface area contributed by atoms with Gasteiger partial charge >= 0.3 is 0 Å². The summed E-state index contributed by atoms with van der Waals surface area (Å²) in [4.78, 5) is 4.53. The van der Waals surface area contributed by atoms with Crippen molar-refractivity contribution in [2.75, 3.05) is 0 Å². The summed E-state index contributed by atoms with van der Waals surface area (Å²) in [6.45, 7) is 0. The normalized spacial score (nSPS) is 11.3. The Morgan fingerprint density at radius 2 is 1.44 bits per heavy atom. The molecule has 0 saturated carbocycles. The zero-order valence-electron chi connectivity index (χ0n) is 9.72. The van der Waals surface area contributed by atoms with E-state index >= 15 is 0 Å². The highest BCUT2D eigenvalue weighted by molar-refractivity contribution is 6.23. The third kappa shape index (κ3) is 1.19. The van der Waals surface area contributed by atoms with Crippen molar-refractivity contribution in [2.45, 2.75) is 0 Å². The number of pyridine rings is 1. The molecule has 3 aromatic carbocycles. The Balaban J connectivity index is 2.46. The lowest BCUT2D eigenvalue weighted by Gasteiger charge is -2.14. The number of fused-ring (bicyclic) bond motifs is 6. The van der Waals surface area contributed by atoms with Crippen molar-refractivity contribution in [1.29, 1.82) is 0 Å². The van der Waals surface area contributed by atoms with Crippen LogP contribution in [-0.2, 0) is 0 Å². The van der Waals surface area contributed by atoms with E-state index in [4.69, 9.17) is 0 Å². The van der Waals surface area contributed by atoms with Crippen molar-refractivity contribution in [2.24, 2.45) is 0 Å². The molecule has 0 unspecified atom stereocenters. The van der Waals surface area contributed by atoms with Gasteiger partial charge in [-0.15, -0.1) is 29.7 Å². The molecule has 18 heavy (non-hydrogen) atoms. The highest BCUT2D eigenvalue weighted by Crippen LogP contribution is 2.32. The predicted octanol–water partition coefficient (Wildman–Crippen LogP) is 4.34. The first-order chi connectivity index (χ1) is 8.95. The first-order valence-corrected chi connectivity index (χ1v) is 6.01. The molecule has 0 spiro atoms. The predicted molar refractivity (Wildman–Crippen MR) is 75.6 cm³/mol. The molecule has 1 aromatic heterocycles. The van der Waals surface area contributed by atoms with Crippen LogP contribution in [0.15, 0.2) is 60.8 Å². The number of nitrogens with zero attached hydrogens (tertiary/aromatic N) is 1. The van der Waals surface area contributed by atoms with E-state index in [1.54, 1.807) is 0 Å². The lowest BCUT2D eigenvalue weighted by atomic mass is 9.97. The van der Waals surface area contributed by atoms with E-state index in [0.29, 0.717) is 0 Å².